The number of hydrogen-bond donors (Lipinski definition) is 1. The molecule has 7 heteroatoms. The van der Waals surface area contributed by atoms with E-state index in [0.29, 0.717) is 35.4 Å². The minimum Gasteiger partial charge on any atom is -0.490 e. The molecule has 2 aromatic carbocycles. The number of carbonyl (C=O) groups excluding carboxylic acids is 1. The number of rotatable bonds is 5. The summed E-state index contributed by atoms with van der Waals surface area (Å²) < 4.78 is 12.8. The Labute approximate surface area is 181 Å². The van der Waals surface area contributed by atoms with E-state index in [0.717, 1.165) is 17.7 Å². The first kappa shape index (κ1) is 20.9. The monoisotopic (exact) mass is 421 g/mol. The van der Waals surface area contributed by atoms with E-state index in [-0.39, 0.29) is 29.8 Å². The van der Waals surface area contributed by atoms with Crippen LogP contribution >= 0.6 is 0 Å². The molecule has 0 spiro atoms. The molecule has 1 aliphatic heterocycles. The van der Waals surface area contributed by atoms with Crippen molar-refractivity contribution in [2.45, 2.75) is 32.7 Å². The number of nitrogens with one attached hydrogen (secondary N) is 1. The third-order valence-corrected chi connectivity index (χ3v) is 5.47. The fourth-order valence-electron chi connectivity index (χ4n) is 3.89. The average Bonchev–Trinajstić information content (AvgIpc) is 3.00. The molecule has 0 radical (unpaired) electrons. The van der Waals surface area contributed by atoms with Gasteiger partial charge in [0.2, 0.25) is 5.91 Å². The summed E-state index contributed by atoms with van der Waals surface area (Å²) in [6.07, 6.45) is 0.928. The fraction of sp³-hybridized carbons (Fsp3) is 0.375. The molecule has 2 heterocycles. The molecule has 1 N–H and O–H groups in total. The molecule has 162 valence electrons. The van der Waals surface area contributed by atoms with Crippen molar-refractivity contribution < 1.29 is 14.3 Å². The Hall–Kier alpha value is -3.35. The van der Waals surface area contributed by atoms with E-state index in [9.17, 15) is 9.59 Å². The third kappa shape index (κ3) is 4.40. The second kappa shape index (κ2) is 8.79. The zero-order valence-electron chi connectivity index (χ0n) is 18.1. The van der Waals surface area contributed by atoms with E-state index in [1.54, 1.807) is 13.1 Å². The topological polar surface area (TPSA) is 82.5 Å². The van der Waals surface area contributed by atoms with Crippen molar-refractivity contribution in [3.05, 3.63) is 64.1 Å². The summed E-state index contributed by atoms with van der Waals surface area (Å²) in [7, 11) is 1.60. The summed E-state index contributed by atoms with van der Waals surface area (Å²) >= 11 is 0. The minimum atomic E-state index is -0.191. The maximum Gasteiger partial charge on any atom is 0.274 e. The molecule has 0 aliphatic carbocycles. The number of ether oxygens (including phenoxy) is 2. The van der Waals surface area contributed by atoms with Crippen LogP contribution in [0.5, 0.6) is 11.5 Å². The number of benzene rings is 2. The van der Waals surface area contributed by atoms with E-state index in [1.807, 2.05) is 36.4 Å². The number of nitrogens with zero attached hydrogens (tertiary/aromatic N) is 2. The van der Waals surface area contributed by atoms with E-state index < -0.39 is 0 Å². The predicted octanol–water partition coefficient (Wildman–Crippen LogP) is 3.15. The molecular weight excluding hydrogens is 394 g/mol. The SMILES string of the molecule is CC(C)[C@@H](NC(=O)Cc1nn(C)c(=O)c2ccccc12)c1ccc2c(c1)OCCCO2. The van der Waals surface area contributed by atoms with Gasteiger partial charge >= 0.3 is 0 Å². The van der Waals surface area contributed by atoms with Crippen LogP contribution in [0.25, 0.3) is 10.8 Å². The Balaban J connectivity index is 1.58. The number of aromatic nitrogens is 2. The Morgan fingerprint density at radius 2 is 1.81 bits per heavy atom. The number of aryl methyl sites for hydroxylation is 1. The van der Waals surface area contributed by atoms with Crippen molar-refractivity contribution in [1.29, 1.82) is 0 Å². The second-order valence-corrected chi connectivity index (χ2v) is 8.14. The summed E-state index contributed by atoms with van der Waals surface area (Å²) in [5.41, 5.74) is 1.37. The van der Waals surface area contributed by atoms with Gasteiger partial charge in [0.15, 0.2) is 11.5 Å². The number of carbonyl (C=O) groups is 1. The quantitative estimate of drug-likeness (QED) is 0.684. The van der Waals surface area contributed by atoms with E-state index >= 15 is 0 Å². The zero-order chi connectivity index (χ0) is 22.0. The van der Waals surface area contributed by atoms with Gasteiger partial charge in [-0.1, -0.05) is 38.1 Å². The van der Waals surface area contributed by atoms with Gasteiger partial charge in [0.1, 0.15) is 0 Å². The first-order valence-corrected chi connectivity index (χ1v) is 10.6. The molecule has 1 aromatic heterocycles. The van der Waals surface area contributed by atoms with E-state index in [1.165, 1.54) is 4.68 Å². The molecule has 4 rings (SSSR count). The third-order valence-electron chi connectivity index (χ3n) is 5.47. The highest BCUT2D eigenvalue weighted by atomic mass is 16.5. The van der Waals surface area contributed by atoms with Crippen LogP contribution in [0, 0.1) is 5.92 Å². The van der Waals surface area contributed by atoms with Crippen molar-refractivity contribution >= 4 is 16.7 Å². The molecule has 0 unspecified atom stereocenters. The highest BCUT2D eigenvalue weighted by molar-refractivity contribution is 5.88. The molecule has 1 atom stereocenters. The van der Waals surface area contributed by atoms with Crippen LogP contribution in [-0.4, -0.2) is 28.9 Å². The Bertz CT molecular complexity index is 1170. The van der Waals surface area contributed by atoms with Gasteiger partial charge in [-0.2, -0.15) is 5.10 Å². The van der Waals surface area contributed by atoms with Gasteiger partial charge in [-0.3, -0.25) is 9.59 Å². The normalized spacial score (nSPS) is 14.3. The van der Waals surface area contributed by atoms with E-state index in [4.69, 9.17) is 9.47 Å². The lowest BCUT2D eigenvalue weighted by Crippen LogP contribution is -2.33. The van der Waals surface area contributed by atoms with Gasteiger partial charge in [-0.05, 0) is 29.7 Å². The molecule has 1 aliphatic rings. The maximum absolute atomic E-state index is 13.0. The molecule has 3 aromatic rings. The summed E-state index contributed by atoms with van der Waals surface area (Å²) in [6, 6.07) is 12.9. The predicted molar refractivity (Wildman–Crippen MR) is 118 cm³/mol. The summed E-state index contributed by atoms with van der Waals surface area (Å²) in [5.74, 6) is 1.46. The largest absolute Gasteiger partial charge is 0.490 e. The standard InChI is InChI=1S/C24H27N3O4/c1-15(2)23(16-9-10-20-21(13-16)31-12-6-11-30-20)25-22(28)14-19-17-7-4-5-8-18(17)24(29)27(3)26-19/h4-5,7-10,13,15,23H,6,11-12,14H2,1-3H3,(H,25,28)/t23-/m1/s1. The van der Waals surface area contributed by atoms with Crippen LogP contribution in [0.15, 0.2) is 47.3 Å². The van der Waals surface area contributed by atoms with Gasteiger partial charge in [-0.25, -0.2) is 4.68 Å². The average molecular weight is 421 g/mol. The maximum atomic E-state index is 13.0. The Kier molecular flexibility index (Phi) is 5.93. The summed E-state index contributed by atoms with van der Waals surface area (Å²) in [4.78, 5) is 25.3. The molecule has 0 saturated carbocycles. The van der Waals surface area contributed by atoms with Crippen molar-refractivity contribution in [3.63, 3.8) is 0 Å². The van der Waals surface area contributed by atoms with Crippen molar-refractivity contribution in [2.24, 2.45) is 13.0 Å². The van der Waals surface area contributed by atoms with Crippen LogP contribution in [0.1, 0.15) is 37.6 Å². The lowest BCUT2D eigenvalue weighted by Gasteiger charge is -2.24. The van der Waals surface area contributed by atoms with Crippen LogP contribution in [0.3, 0.4) is 0 Å². The van der Waals surface area contributed by atoms with Gasteiger partial charge in [-0.15, -0.1) is 0 Å². The van der Waals surface area contributed by atoms with Crippen LogP contribution in [-0.2, 0) is 18.3 Å². The van der Waals surface area contributed by atoms with Crippen LogP contribution < -0.4 is 20.3 Å². The molecule has 31 heavy (non-hydrogen) atoms. The fourth-order valence-corrected chi connectivity index (χ4v) is 3.89. The first-order chi connectivity index (χ1) is 14.9. The highest BCUT2D eigenvalue weighted by Crippen LogP contribution is 2.34. The Morgan fingerprint density at radius 1 is 1.10 bits per heavy atom. The highest BCUT2D eigenvalue weighted by Gasteiger charge is 2.22. The molecule has 7 nitrogen and oxygen atoms in total. The number of hydrogen-bond acceptors (Lipinski definition) is 5. The van der Waals surface area contributed by atoms with Gasteiger partial charge in [0.25, 0.3) is 5.56 Å². The lowest BCUT2D eigenvalue weighted by molar-refractivity contribution is -0.121. The van der Waals surface area contributed by atoms with Crippen molar-refractivity contribution in [2.75, 3.05) is 13.2 Å². The number of amides is 1. The molecule has 0 bridgehead atoms. The van der Waals surface area contributed by atoms with Crippen LogP contribution in [0.2, 0.25) is 0 Å². The van der Waals surface area contributed by atoms with Gasteiger partial charge in [0.05, 0.1) is 36.8 Å². The van der Waals surface area contributed by atoms with Crippen LogP contribution in [0.4, 0.5) is 0 Å². The lowest BCUT2D eigenvalue weighted by atomic mass is 9.95. The molecule has 1 amide bonds. The molecule has 0 fully saturated rings. The first-order valence-electron chi connectivity index (χ1n) is 10.6. The Morgan fingerprint density at radius 3 is 2.55 bits per heavy atom. The summed E-state index contributed by atoms with van der Waals surface area (Å²) in [6.45, 7) is 5.37. The summed E-state index contributed by atoms with van der Waals surface area (Å²) in [5, 5.41) is 8.75. The molecule has 0 saturated heterocycles. The van der Waals surface area contributed by atoms with Crippen molar-refractivity contribution in [3.8, 4) is 11.5 Å². The van der Waals surface area contributed by atoms with E-state index in [2.05, 4.69) is 24.3 Å². The number of fused-ring (bicyclic) bond motifs is 2. The van der Waals surface area contributed by atoms with Gasteiger partial charge in [0, 0.05) is 18.9 Å². The zero-order valence-corrected chi connectivity index (χ0v) is 18.1. The second-order valence-electron chi connectivity index (χ2n) is 8.14. The molecular formula is C24H27N3O4. The smallest absolute Gasteiger partial charge is 0.274 e. The minimum absolute atomic E-state index is 0.0857. The van der Waals surface area contributed by atoms with Gasteiger partial charge < -0.3 is 14.8 Å². The van der Waals surface area contributed by atoms with Crippen molar-refractivity contribution in [1.82, 2.24) is 15.1 Å².